The van der Waals surface area contributed by atoms with Crippen molar-refractivity contribution in [2.75, 3.05) is 19.6 Å². The van der Waals surface area contributed by atoms with Gasteiger partial charge < -0.3 is 5.73 Å². The zero-order chi connectivity index (χ0) is 15.0. The molecule has 0 aliphatic carbocycles. The van der Waals surface area contributed by atoms with Crippen LogP contribution in [0.25, 0.3) is 0 Å². The molecule has 0 aromatic carbocycles. The molecule has 1 aromatic rings. The van der Waals surface area contributed by atoms with E-state index in [0.29, 0.717) is 11.5 Å². The zero-order valence-corrected chi connectivity index (χ0v) is 14.5. The Morgan fingerprint density at radius 3 is 2.55 bits per heavy atom. The molecule has 1 fully saturated rings. The third-order valence-electron chi connectivity index (χ3n) is 4.29. The molecular weight excluding hydrogens is 264 g/mol. The first-order chi connectivity index (χ1) is 9.23. The molecule has 3 heteroatoms. The lowest BCUT2D eigenvalue weighted by molar-refractivity contribution is 0.0820. The molecule has 20 heavy (non-hydrogen) atoms. The Morgan fingerprint density at radius 1 is 1.35 bits per heavy atom. The largest absolute Gasteiger partial charge is 0.329 e. The van der Waals surface area contributed by atoms with Crippen molar-refractivity contribution in [1.29, 1.82) is 0 Å². The molecule has 2 rings (SSSR count). The molecule has 2 nitrogen and oxygen atoms in total. The SMILES string of the molecule is CC1(C)CCCN(C(CN)c2ccc(C(C)(C)C)s2)C1. The first-order valence-corrected chi connectivity index (χ1v) is 8.59. The van der Waals surface area contributed by atoms with Crippen LogP contribution < -0.4 is 5.73 Å². The molecule has 0 spiro atoms. The van der Waals surface area contributed by atoms with Crippen molar-refractivity contribution in [3.05, 3.63) is 21.9 Å². The van der Waals surface area contributed by atoms with Crippen LogP contribution in [0.15, 0.2) is 12.1 Å². The maximum Gasteiger partial charge on any atom is 0.0564 e. The van der Waals surface area contributed by atoms with Crippen molar-refractivity contribution >= 4 is 11.3 Å². The Balaban J connectivity index is 2.18. The van der Waals surface area contributed by atoms with Crippen molar-refractivity contribution in [1.82, 2.24) is 4.90 Å². The Kier molecular flexibility index (Phi) is 4.63. The number of hydrogen-bond donors (Lipinski definition) is 1. The second kappa shape index (κ2) is 5.78. The minimum atomic E-state index is 0.239. The van der Waals surface area contributed by atoms with E-state index in [-0.39, 0.29) is 5.41 Å². The number of hydrogen-bond acceptors (Lipinski definition) is 3. The first kappa shape index (κ1) is 16.0. The van der Waals surface area contributed by atoms with Crippen LogP contribution in [0, 0.1) is 5.41 Å². The molecule has 1 aliphatic rings. The highest BCUT2D eigenvalue weighted by Crippen LogP contribution is 2.37. The van der Waals surface area contributed by atoms with Gasteiger partial charge in [0.05, 0.1) is 6.04 Å². The molecule has 114 valence electrons. The van der Waals surface area contributed by atoms with Crippen LogP contribution in [0.1, 0.15) is 63.3 Å². The third-order valence-corrected chi connectivity index (χ3v) is 5.90. The normalized spacial score (nSPS) is 21.9. The van der Waals surface area contributed by atoms with Crippen LogP contribution in [-0.2, 0) is 5.41 Å². The Morgan fingerprint density at radius 2 is 2.05 bits per heavy atom. The molecule has 2 heterocycles. The molecule has 1 unspecified atom stereocenters. The van der Waals surface area contributed by atoms with Gasteiger partial charge in [0.1, 0.15) is 0 Å². The number of thiophene rings is 1. The molecule has 2 N–H and O–H groups in total. The van der Waals surface area contributed by atoms with E-state index < -0.39 is 0 Å². The minimum absolute atomic E-state index is 0.239. The summed E-state index contributed by atoms with van der Waals surface area (Å²) in [4.78, 5) is 5.50. The van der Waals surface area contributed by atoms with Crippen molar-refractivity contribution in [3.63, 3.8) is 0 Å². The fraction of sp³-hybridized carbons (Fsp3) is 0.765. The zero-order valence-electron chi connectivity index (χ0n) is 13.7. The highest BCUT2D eigenvalue weighted by Gasteiger charge is 2.31. The van der Waals surface area contributed by atoms with Crippen molar-refractivity contribution in [2.24, 2.45) is 11.1 Å². The standard InChI is InChI=1S/C17H30N2S/c1-16(2,3)15-8-7-14(20-15)13(11-18)19-10-6-9-17(4,5)12-19/h7-8,13H,6,9-12,18H2,1-5H3. The second-order valence-corrected chi connectivity index (χ2v) is 9.06. The van der Waals surface area contributed by atoms with Gasteiger partial charge in [0.15, 0.2) is 0 Å². The van der Waals surface area contributed by atoms with E-state index >= 15 is 0 Å². The molecule has 0 saturated carbocycles. The molecule has 0 amide bonds. The van der Waals surface area contributed by atoms with E-state index in [1.54, 1.807) is 0 Å². The highest BCUT2D eigenvalue weighted by molar-refractivity contribution is 7.12. The van der Waals surface area contributed by atoms with Crippen molar-refractivity contribution in [2.45, 2.75) is 58.9 Å². The third kappa shape index (κ3) is 3.63. The van der Waals surface area contributed by atoms with E-state index in [1.807, 2.05) is 11.3 Å². The molecular formula is C17H30N2S. The molecule has 1 saturated heterocycles. The van der Waals surface area contributed by atoms with Gasteiger partial charge in [-0.15, -0.1) is 11.3 Å². The fourth-order valence-electron chi connectivity index (χ4n) is 3.11. The Hall–Kier alpha value is -0.380. The number of nitrogens with two attached hydrogens (primary N) is 1. The van der Waals surface area contributed by atoms with Gasteiger partial charge in [-0.2, -0.15) is 0 Å². The summed E-state index contributed by atoms with van der Waals surface area (Å²) in [7, 11) is 0. The Bertz CT molecular complexity index is 442. The summed E-state index contributed by atoms with van der Waals surface area (Å²) >= 11 is 1.94. The molecule has 1 aromatic heterocycles. The van der Waals surface area contributed by atoms with Crippen molar-refractivity contribution in [3.8, 4) is 0 Å². The summed E-state index contributed by atoms with van der Waals surface area (Å²) in [5.74, 6) is 0. The van der Waals surface area contributed by atoms with Crippen molar-refractivity contribution < 1.29 is 0 Å². The van der Waals surface area contributed by atoms with Crippen LogP contribution in [0.3, 0.4) is 0 Å². The number of piperidine rings is 1. The van der Waals surface area contributed by atoms with Gasteiger partial charge in [-0.3, -0.25) is 4.90 Å². The van der Waals surface area contributed by atoms with E-state index in [0.717, 1.165) is 13.1 Å². The molecule has 0 bridgehead atoms. The molecule has 1 atom stereocenters. The maximum atomic E-state index is 6.11. The summed E-state index contributed by atoms with van der Waals surface area (Å²) in [6, 6.07) is 4.98. The lowest BCUT2D eigenvalue weighted by Gasteiger charge is -2.41. The average molecular weight is 295 g/mol. The molecule has 0 radical (unpaired) electrons. The second-order valence-electron chi connectivity index (χ2n) is 7.94. The van der Waals surface area contributed by atoms with Gasteiger partial charge in [0, 0.05) is 22.8 Å². The van der Waals surface area contributed by atoms with Crippen LogP contribution in [0.5, 0.6) is 0 Å². The predicted octanol–water partition coefficient (Wildman–Crippen LogP) is 4.17. The lowest BCUT2D eigenvalue weighted by atomic mass is 9.83. The number of likely N-dealkylation sites (tertiary alicyclic amines) is 1. The monoisotopic (exact) mass is 294 g/mol. The topological polar surface area (TPSA) is 29.3 Å². The van der Waals surface area contributed by atoms with E-state index in [4.69, 9.17) is 5.73 Å². The van der Waals surface area contributed by atoms with Crippen LogP contribution >= 0.6 is 11.3 Å². The quantitative estimate of drug-likeness (QED) is 0.906. The summed E-state index contributed by atoms with van der Waals surface area (Å²) in [5, 5.41) is 0. The Labute approximate surface area is 128 Å². The van der Waals surface area contributed by atoms with Gasteiger partial charge in [-0.25, -0.2) is 0 Å². The lowest BCUT2D eigenvalue weighted by Crippen LogP contribution is -2.44. The summed E-state index contributed by atoms with van der Waals surface area (Å²) in [5.41, 5.74) is 6.77. The van der Waals surface area contributed by atoms with E-state index in [9.17, 15) is 0 Å². The number of nitrogens with zero attached hydrogens (tertiary/aromatic N) is 1. The molecule has 1 aliphatic heterocycles. The van der Waals surface area contributed by atoms with Gasteiger partial charge in [0.25, 0.3) is 0 Å². The van der Waals surface area contributed by atoms with Gasteiger partial charge in [-0.05, 0) is 42.3 Å². The van der Waals surface area contributed by atoms with Gasteiger partial charge >= 0.3 is 0 Å². The smallest absolute Gasteiger partial charge is 0.0564 e. The summed E-state index contributed by atoms with van der Waals surface area (Å²) in [6.45, 7) is 14.7. The van der Waals surface area contributed by atoms with Crippen LogP contribution in [0.4, 0.5) is 0 Å². The first-order valence-electron chi connectivity index (χ1n) is 7.77. The summed E-state index contributed by atoms with van der Waals surface area (Å²) in [6.07, 6.45) is 2.62. The van der Waals surface area contributed by atoms with E-state index in [1.165, 1.54) is 29.1 Å². The predicted molar refractivity (Wildman–Crippen MR) is 89.4 cm³/mol. The van der Waals surface area contributed by atoms with Crippen LogP contribution in [0.2, 0.25) is 0 Å². The van der Waals surface area contributed by atoms with Gasteiger partial charge in [0.2, 0.25) is 0 Å². The average Bonchev–Trinajstić information content (AvgIpc) is 2.78. The van der Waals surface area contributed by atoms with E-state index in [2.05, 4.69) is 51.7 Å². The summed E-state index contributed by atoms with van der Waals surface area (Å²) < 4.78 is 0. The van der Waals surface area contributed by atoms with Crippen LogP contribution in [-0.4, -0.2) is 24.5 Å². The van der Waals surface area contributed by atoms with Gasteiger partial charge in [-0.1, -0.05) is 34.6 Å². The highest BCUT2D eigenvalue weighted by atomic mass is 32.1. The fourth-order valence-corrected chi connectivity index (χ4v) is 4.33. The number of rotatable bonds is 3. The minimum Gasteiger partial charge on any atom is -0.329 e. The maximum absolute atomic E-state index is 6.11.